The van der Waals surface area contributed by atoms with Gasteiger partial charge in [-0.2, -0.15) is 5.10 Å². The van der Waals surface area contributed by atoms with Crippen molar-refractivity contribution in [1.82, 2.24) is 15.1 Å². The molecule has 0 spiro atoms. The van der Waals surface area contributed by atoms with Crippen LogP contribution in [0.25, 0.3) is 0 Å². The fraction of sp³-hybridized carbons (Fsp3) is 0.733. The molecule has 0 saturated heterocycles. The van der Waals surface area contributed by atoms with Gasteiger partial charge < -0.3 is 5.32 Å². The smallest absolute Gasteiger partial charge is 0.322 e. The Hall–Kier alpha value is -1.92. The number of aryl methyl sites for hydroxylation is 1. The van der Waals surface area contributed by atoms with Gasteiger partial charge in [0.15, 0.2) is 0 Å². The largest absolute Gasteiger partial charge is 0.348 e. The van der Waals surface area contributed by atoms with Crippen molar-refractivity contribution in [3.8, 4) is 0 Å². The van der Waals surface area contributed by atoms with E-state index in [0.29, 0.717) is 17.5 Å². The minimum Gasteiger partial charge on any atom is -0.348 e. The summed E-state index contributed by atoms with van der Waals surface area (Å²) in [5.74, 6) is 1.55. The average Bonchev–Trinajstić information content (AvgIpc) is 3.14. The number of nitrogens with one attached hydrogen (secondary N) is 1. The van der Waals surface area contributed by atoms with Gasteiger partial charge in [-0.05, 0) is 50.9 Å². The number of carbonyl (C=O) groups excluding carboxylic acids is 1. The third kappa shape index (κ3) is 2.38. The van der Waals surface area contributed by atoms with E-state index in [9.17, 15) is 14.9 Å². The van der Waals surface area contributed by atoms with Gasteiger partial charge in [-0.15, -0.1) is 0 Å². The minimum absolute atomic E-state index is 0.0321. The summed E-state index contributed by atoms with van der Waals surface area (Å²) in [7, 11) is 1.61. The Balaban J connectivity index is 1.75. The molecule has 2 saturated carbocycles. The highest BCUT2D eigenvalue weighted by Crippen LogP contribution is 2.49. The number of aromatic nitrogens is 2. The molecule has 1 amide bonds. The zero-order valence-electron chi connectivity index (χ0n) is 13.2. The van der Waals surface area contributed by atoms with Crippen molar-refractivity contribution in [1.29, 1.82) is 0 Å². The Morgan fingerprint density at radius 3 is 2.73 bits per heavy atom. The van der Waals surface area contributed by atoms with Crippen LogP contribution < -0.4 is 5.32 Å². The van der Waals surface area contributed by atoms with E-state index in [0.717, 1.165) is 12.3 Å². The number of fused-ring (bicyclic) bond motifs is 2. The van der Waals surface area contributed by atoms with Crippen LogP contribution >= 0.6 is 0 Å². The molecule has 22 heavy (non-hydrogen) atoms. The van der Waals surface area contributed by atoms with Crippen LogP contribution in [0, 0.1) is 34.8 Å². The van der Waals surface area contributed by atoms with Crippen molar-refractivity contribution in [3.05, 3.63) is 21.5 Å². The SMILES string of the molecule is Cc1c([N+](=O)[O-])c(C(=O)N[C@@H](C)[C@@H]2C[C@H]3CC[C@H]2C3)nn1C. The van der Waals surface area contributed by atoms with Gasteiger partial charge >= 0.3 is 5.69 Å². The molecule has 0 aromatic carbocycles. The molecular weight excluding hydrogens is 284 g/mol. The lowest BCUT2D eigenvalue weighted by Gasteiger charge is -2.28. The van der Waals surface area contributed by atoms with Gasteiger partial charge in [0.05, 0.1) is 4.92 Å². The Kier molecular flexibility index (Phi) is 3.66. The molecule has 0 aliphatic heterocycles. The van der Waals surface area contributed by atoms with Crippen molar-refractivity contribution in [3.63, 3.8) is 0 Å². The van der Waals surface area contributed by atoms with Crippen LogP contribution in [0.15, 0.2) is 0 Å². The van der Waals surface area contributed by atoms with Crippen LogP contribution in [0.5, 0.6) is 0 Å². The molecule has 7 nitrogen and oxygen atoms in total. The second kappa shape index (κ2) is 5.37. The van der Waals surface area contributed by atoms with Crippen LogP contribution in [0.4, 0.5) is 5.69 Å². The highest BCUT2D eigenvalue weighted by molar-refractivity contribution is 5.96. The van der Waals surface area contributed by atoms with Crippen molar-refractivity contribution in [2.24, 2.45) is 24.8 Å². The molecule has 120 valence electrons. The van der Waals surface area contributed by atoms with E-state index in [2.05, 4.69) is 10.4 Å². The van der Waals surface area contributed by atoms with Crippen LogP contribution in [-0.2, 0) is 7.05 Å². The lowest BCUT2D eigenvalue weighted by Crippen LogP contribution is -2.40. The molecule has 4 atom stereocenters. The summed E-state index contributed by atoms with van der Waals surface area (Å²) in [5, 5.41) is 18.1. The molecule has 7 heteroatoms. The Morgan fingerprint density at radius 2 is 2.18 bits per heavy atom. The topological polar surface area (TPSA) is 90.1 Å². The Bertz CT molecular complexity index is 625. The van der Waals surface area contributed by atoms with Crippen molar-refractivity contribution in [2.45, 2.75) is 45.6 Å². The maximum atomic E-state index is 12.4. The highest BCUT2D eigenvalue weighted by Gasteiger charge is 2.42. The number of hydrogen-bond acceptors (Lipinski definition) is 4. The molecule has 2 bridgehead atoms. The van der Waals surface area contributed by atoms with Crippen LogP contribution in [0.2, 0.25) is 0 Å². The lowest BCUT2D eigenvalue weighted by molar-refractivity contribution is -0.385. The first-order chi connectivity index (χ1) is 10.4. The third-order valence-electron chi connectivity index (χ3n) is 5.49. The molecule has 0 radical (unpaired) electrons. The molecule has 1 aromatic rings. The molecule has 0 unspecified atom stereocenters. The van der Waals surface area contributed by atoms with E-state index in [4.69, 9.17) is 0 Å². The first-order valence-corrected chi connectivity index (χ1v) is 7.87. The van der Waals surface area contributed by atoms with E-state index in [1.807, 2.05) is 6.92 Å². The molecule has 2 aliphatic carbocycles. The van der Waals surface area contributed by atoms with E-state index in [1.54, 1.807) is 14.0 Å². The average molecular weight is 306 g/mol. The standard InChI is InChI=1S/C15H22N4O3/c1-8(12-7-10-4-5-11(12)6-10)16-15(20)13-14(19(21)22)9(2)18(3)17-13/h8,10-12H,4-7H2,1-3H3,(H,16,20)/t8-,10-,11-,12-/m0/s1. The van der Waals surface area contributed by atoms with Crippen molar-refractivity contribution in [2.75, 3.05) is 0 Å². The molecule has 1 aromatic heterocycles. The predicted octanol–water partition coefficient (Wildman–Crippen LogP) is 2.19. The van der Waals surface area contributed by atoms with Crippen molar-refractivity contribution < 1.29 is 9.72 Å². The molecular formula is C15H22N4O3. The Labute approximate surface area is 129 Å². The maximum absolute atomic E-state index is 12.4. The molecule has 1 heterocycles. The molecule has 1 N–H and O–H groups in total. The number of carbonyl (C=O) groups is 1. The Morgan fingerprint density at radius 1 is 1.45 bits per heavy atom. The minimum atomic E-state index is -0.528. The van der Waals surface area contributed by atoms with Gasteiger partial charge in [0, 0.05) is 13.1 Å². The zero-order chi connectivity index (χ0) is 16.0. The number of hydrogen-bond donors (Lipinski definition) is 1. The lowest BCUT2D eigenvalue weighted by atomic mass is 9.84. The van der Waals surface area contributed by atoms with Crippen LogP contribution in [0.3, 0.4) is 0 Å². The summed E-state index contributed by atoms with van der Waals surface area (Å²) in [6.45, 7) is 3.60. The van der Waals surface area contributed by atoms with E-state index in [-0.39, 0.29) is 17.4 Å². The number of nitrogens with zero attached hydrogens (tertiary/aromatic N) is 3. The third-order valence-corrected chi connectivity index (χ3v) is 5.49. The summed E-state index contributed by atoms with van der Waals surface area (Å²) < 4.78 is 1.38. The van der Waals surface area contributed by atoms with Gasteiger partial charge in [-0.3, -0.25) is 19.6 Å². The van der Waals surface area contributed by atoms with Gasteiger partial charge in [-0.1, -0.05) is 6.42 Å². The van der Waals surface area contributed by atoms with E-state index < -0.39 is 10.8 Å². The van der Waals surface area contributed by atoms with Gasteiger partial charge in [0.1, 0.15) is 5.69 Å². The first-order valence-electron chi connectivity index (χ1n) is 7.87. The maximum Gasteiger partial charge on any atom is 0.322 e. The van der Waals surface area contributed by atoms with Crippen LogP contribution in [-0.4, -0.2) is 26.7 Å². The molecule has 3 rings (SSSR count). The summed E-state index contributed by atoms with van der Waals surface area (Å²) in [5.41, 5.74) is 0.114. The second-order valence-electron chi connectivity index (χ2n) is 6.76. The molecule has 2 fully saturated rings. The molecule has 2 aliphatic rings. The monoisotopic (exact) mass is 306 g/mol. The van der Waals surface area contributed by atoms with Gasteiger partial charge in [-0.25, -0.2) is 0 Å². The summed E-state index contributed by atoms with van der Waals surface area (Å²) in [6.07, 6.45) is 4.99. The number of nitro groups is 1. The van der Waals surface area contributed by atoms with Crippen molar-refractivity contribution >= 4 is 11.6 Å². The van der Waals surface area contributed by atoms with E-state index in [1.165, 1.54) is 23.9 Å². The summed E-state index contributed by atoms with van der Waals surface area (Å²) >= 11 is 0. The number of amides is 1. The van der Waals surface area contributed by atoms with Gasteiger partial charge in [0.2, 0.25) is 5.69 Å². The highest BCUT2D eigenvalue weighted by atomic mass is 16.6. The quantitative estimate of drug-likeness (QED) is 0.682. The second-order valence-corrected chi connectivity index (χ2v) is 6.76. The predicted molar refractivity (Wildman–Crippen MR) is 80.5 cm³/mol. The fourth-order valence-corrected chi connectivity index (χ4v) is 4.26. The van der Waals surface area contributed by atoms with Gasteiger partial charge in [0.25, 0.3) is 5.91 Å². The van der Waals surface area contributed by atoms with E-state index >= 15 is 0 Å². The summed E-state index contributed by atoms with van der Waals surface area (Å²) in [6, 6.07) is 0.0321. The zero-order valence-corrected chi connectivity index (χ0v) is 13.2. The fourth-order valence-electron chi connectivity index (χ4n) is 4.26. The first kappa shape index (κ1) is 15.0. The normalized spacial score (nSPS) is 27.9. The summed E-state index contributed by atoms with van der Waals surface area (Å²) in [4.78, 5) is 23.1. The number of rotatable bonds is 4. The van der Waals surface area contributed by atoms with Crippen LogP contribution in [0.1, 0.15) is 48.8 Å².